The molecule has 0 atom stereocenters. The Balaban J connectivity index is 2.11. The van der Waals surface area contributed by atoms with Gasteiger partial charge in [-0.3, -0.25) is 4.79 Å². The van der Waals surface area contributed by atoms with Gasteiger partial charge >= 0.3 is 0 Å². The van der Waals surface area contributed by atoms with E-state index in [1.54, 1.807) is 18.9 Å². The van der Waals surface area contributed by atoms with Gasteiger partial charge in [0.05, 0.1) is 12.1 Å². The highest BCUT2D eigenvalue weighted by molar-refractivity contribution is 5.93. The van der Waals surface area contributed by atoms with Crippen LogP contribution in [-0.2, 0) is 11.2 Å². The van der Waals surface area contributed by atoms with Crippen LogP contribution >= 0.6 is 0 Å². The molecule has 1 aromatic carbocycles. The zero-order valence-corrected chi connectivity index (χ0v) is 10.8. The van der Waals surface area contributed by atoms with E-state index in [4.69, 9.17) is 4.42 Å². The topological polar surface area (TPSA) is 46.3 Å². The fourth-order valence-corrected chi connectivity index (χ4v) is 1.79. The second kappa shape index (κ2) is 5.04. The van der Waals surface area contributed by atoms with Crippen LogP contribution in [0.4, 0.5) is 5.69 Å². The number of hydrogen-bond acceptors (Lipinski definition) is 3. The van der Waals surface area contributed by atoms with Gasteiger partial charge in [0.15, 0.2) is 5.89 Å². The molecule has 1 heterocycles. The number of aryl methyl sites for hydroxylation is 2. The van der Waals surface area contributed by atoms with Gasteiger partial charge in [0.25, 0.3) is 0 Å². The first-order valence-electron chi connectivity index (χ1n) is 5.82. The number of amides is 1. The lowest BCUT2D eigenvalue weighted by Gasteiger charge is -2.16. The third-order valence-corrected chi connectivity index (χ3v) is 2.83. The second-order valence-corrected chi connectivity index (χ2v) is 4.21. The number of carbonyl (C=O) groups excluding carboxylic acids is 1. The second-order valence-electron chi connectivity index (χ2n) is 4.21. The van der Waals surface area contributed by atoms with Gasteiger partial charge in [-0.2, -0.15) is 0 Å². The van der Waals surface area contributed by atoms with Crippen molar-refractivity contribution in [3.05, 3.63) is 47.7 Å². The maximum absolute atomic E-state index is 12.1. The normalized spacial score (nSPS) is 10.4. The van der Waals surface area contributed by atoms with Crippen molar-refractivity contribution in [2.45, 2.75) is 20.3 Å². The smallest absolute Gasteiger partial charge is 0.234 e. The number of benzene rings is 1. The Morgan fingerprint density at radius 1 is 1.28 bits per heavy atom. The third-order valence-electron chi connectivity index (χ3n) is 2.83. The van der Waals surface area contributed by atoms with E-state index in [0.29, 0.717) is 11.7 Å². The summed E-state index contributed by atoms with van der Waals surface area (Å²) < 4.78 is 5.41. The summed E-state index contributed by atoms with van der Waals surface area (Å²) in [5, 5.41) is 0. The maximum Gasteiger partial charge on any atom is 0.234 e. The summed E-state index contributed by atoms with van der Waals surface area (Å²) in [6.07, 6.45) is 0.234. The number of likely N-dealkylation sites (N-methyl/N-ethyl adjacent to an activating group) is 1. The van der Waals surface area contributed by atoms with Gasteiger partial charge in [0.1, 0.15) is 5.76 Å². The van der Waals surface area contributed by atoms with Crippen LogP contribution in [0.5, 0.6) is 0 Å². The molecular weight excluding hydrogens is 228 g/mol. The lowest BCUT2D eigenvalue weighted by atomic mass is 10.2. The predicted octanol–water partition coefficient (Wildman–Crippen LogP) is 2.50. The Bertz CT molecular complexity index is 546. The van der Waals surface area contributed by atoms with Crippen LogP contribution in [0.3, 0.4) is 0 Å². The summed E-state index contributed by atoms with van der Waals surface area (Å²) in [4.78, 5) is 17.9. The largest absolute Gasteiger partial charge is 0.445 e. The molecule has 94 valence electrons. The van der Waals surface area contributed by atoms with Gasteiger partial charge in [0.2, 0.25) is 5.91 Å². The summed E-state index contributed by atoms with van der Waals surface area (Å²) in [5.41, 5.74) is 1.65. The summed E-state index contributed by atoms with van der Waals surface area (Å²) in [5.74, 6) is 1.22. The van der Waals surface area contributed by atoms with Crippen molar-refractivity contribution in [2.24, 2.45) is 0 Å². The Kier molecular flexibility index (Phi) is 3.46. The van der Waals surface area contributed by atoms with Gasteiger partial charge in [-0.25, -0.2) is 4.98 Å². The molecule has 0 radical (unpaired) electrons. The van der Waals surface area contributed by atoms with Crippen LogP contribution in [0.2, 0.25) is 0 Å². The zero-order chi connectivity index (χ0) is 13.1. The quantitative estimate of drug-likeness (QED) is 0.833. The van der Waals surface area contributed by atoms with Gasteiger partial charge in [-0.05, 0) is 19.1 Å². The van der Waals surface area contributed by atoms with E-state index < -0.39 is 0 Å². The van der Waals surface area contributed by atoms with Crippen LogP contribution in [0.15, 0.2) is 34.7 Å². The summed E-state index contributed by atoms with van der Waals surface area (Å²) >= 11 is 0. The number of oxazole rings is 1. The monoisotopic (exact) mass is 244 g/mol. The predicted molar refractivity (Wildman–Crippen MR) is 69.5 cm³/mol. The zero-order valence-electron chi connectivity index (χ0n) is 10.8. The van der Waals surface area contributed by atoms with Crippen LogP contribution in [0.1, 0.15) is 17.3 Å². The van der Waals surface area contributed by atoms with E-state index in [1.807, 2.05) is 37.3 Å². The van der Waals surface area contributed by atoms with Crippen LogP contribution in [0, 0.1) is 13.8 Å². The molecule has 2 aromatic rings. The Morgan fingerprint density at radius 2 is 1.94 bits per heavy atom. The van der Waals surface area contributed by atoms with Crippen LogP contribution < -0.4 is 4.90 Å². The molecule has 0 spiro atoms. The third kappa shape index (κ3) is 2.59. The molecule has 4 nitrogen and oxygen atoms in total. The lowest BCUT2D eigenvalue weighted by Crippen LogP contribution is -2.27. The van der Waals surface area contributed by atoms with E-state index in [0.717, 1.165) is 11.4 Å². The number of carbonyl (C=O) groups is 1. The van der Waals surface area contributed by atoms with E-state index in [2.05, 4.69) is 4.98 Å². The fraction of sp³-hybridized carbons (Fsp3) is 0.286. The van der Waals surface area contributed by atoms with Crippen LogP contribution in [0.25, 0.3) is 0 Å². The first-order valence-corrected chi connectivity index (χ1v) is 5.82. The van der Waals surface area contributed by atoms with Crippen molar-refractivity contribution >= 4 is 11.6 Å². The van der Waals surface area contributed by atoms with Gasteiger partial charge < -0.3 is 9.32 Å². The van der Waals surface area contributed by atoms with Gasteiger partial charge in [-0.1, -0.05) is 18.2 Å². The molecule has 0 aliphatic rings. The van der Waals surface area contributed by atoms with Crippen molar-refractivity contribution in [3.8, 4) is 0 Å². The standard InChI is InChI=1S/C14H16N2O2/c1-10-13(18-11(2)15-10)9-14(17)16(3)12-7-5-4-6-8-12/h4-8H,9H2,1-3H3. The molecule has 0 bridgehead atoms. The molecule has 0 fully saturated rings. The molecule has 0 N–H and O–H groups in total. The first kappa shape index (κ1) is 12.4. The summed E-state index contributed by atoms with van der Waals surface area (Å²) in [6.45, 7) is 3.63. The van der Waals surface area contributed by atoms with E-state index in [1.165, 1.54) is 0 Å². The number of aromatic nitrogens is 1. The SMILES string of the molecule is Cc1nc(C)c(CC(=O)N(C)c2ccccc2)o1. The van der Waals surface area contributed by atoms with E-state index in [9.17, 15) is 4.79 Å². The molecule has 18 heavy (non-hydrogen) atoms. The van der Waals surface area contributed by atoms with Crippen molar-refractivity contribution in [3.63, 3.8) is 0 Å². The molecule has 2 rings (SSSR count). The molecule has 0 unspecified atom stereocenters. The molecular formula is C14H16N2O2. The van der Waals surface area contributed by atoms with Crippen molar-refractivity contribution < 1.29 is 9.21 Å². The van der Waals surface area contributed by atoms with Gasteiger partial charge in [0, 0.05) is 19.7 Å². The maximum atomic E-state index is 12.1. The number of hydrogen-bond donors (Lipinski definition) is 0. The highest BCUT2D eigenvalue weighted by atomic mass is 16.4. The van der Waals surface area contributed by atoms with Crippen molar-refractivity contribution in [2.75, 3.05) is 11.9 Å². The van der Waals surface area contributed by atoms with Crippen LogP contribution in [-0.4, -0.2) is 17.9 Å². The molecule has 0 aliphatic heterocycles. The molecule has 4 heteroatoms. The minimum Gasteiger partial charge on any atom is -0.445 e. The Labute approximate surface area is 106 Å². The first-order chi connectivity index (χ1) is 8.58. The molecule has 1 amide bonds. The summed E-state index contributed by atoms with van der Waals surface area (Å²) in [6, 6.07) is 9.53. The highest BCUT2D eigenvalue weighted by Gasteiger charge is 2.16. The number of para-hydroxylation sites is 1. The molecule has 0 aliphatic carbocycles. The number of rotatable bonds is 3. The highest BCUT2D eigenvalue weighted by Crippen LogP contribution is 2.15. The Morgan fingerprint density at radius 3 is 2.50 bits per heavy atom. The minimum atomic E-state index is -0.0135. The average Bonchev–Trinajstić information content (AvgIpc) is 2.68. The average molecular weight is 244 g/mol. The molecule has 0 saturated carbocycles. The summed E-state index contributed by atoms with van der Waals surface area (Å²) in [7, 11) is 1.76. The molecule has 0 saturated heterocycles. The van der Waals surface area contributed by atoms with Gasteiger partial charge in [-0.15, -0.1) is 0 Å². The molecule has 1 aromatic heterocycles. The fourth-order valence-electron chi connectivity index (χ4n) is 1.79. The van der Waals surface area contributed by atoms with Crippen molar-refractivity contribution in [1.29, 1.82) is 0 Å². The van der Waals surface area contributed by atoms with E-state index in [-0.39, 0.29) is 12.3 Å². The number of nitrogens with zero attached hydrogens (tertiary/aromatic N) is 2. The number of anilines is 1. The lowest BCUT2D eigenvalue weighted by molar-refractivity contribution is -0.117. The van der Waals surface area contributed by atoms with Crippen molar-refractivity contribution in [1.82, 2.24) is 4.98 Å². The minimum absolute atomic E-state index is 0.0135. The Hall–Kier alpha value is -2.10. The van der Waals surface area contributed by atoms with E-state index >= 15 is 0 Å².